The van der Waals surface area contributed by atoms with Gasteiger partial charge in [0, 0.05) is 25.2 Å². The number of hydrogen-bond donors (Lipinski definition) is 1. The van der Waals surface area contributed by atoms with E-state index < -0.39 is 12.2 Å². The van der Waals surface area contributed by atoms with Crippen LogP contribution in [-0.4, -0.2) is 48.6 Å². The van der Waals surface area contributed by atoms with Crippen molar-refractivity contribution < 1.29 is 19.4 Å². The van der Waals surface area contributed by atoms with Crippen molar-refractivity contribution in [3.8, 4) is 0 Å². The average molecular weight is 429 g/mol. The number of ether oxygens (including phenoxy) is 2. The maximum absolute atomic E-state index is 11.7. The smallest absolute Gasteiger partial charge is 0.287 e. The van der Waals surface area contributed by atoms with Gasteiger partial charge >= 0.3 is 0 Å². The highest BCUT2D eigenvalue weighted by Gasteiger charge is 2.43. The number of aldehydes is 1. The van der Waals surface area contributed by atoms with E-state index in [1.54, 1.807) is 31.3 Å². The number of hydrogen-bond acceptors (Lipinski definition) is 5. The van der Waals surface area contributed by atoms with Crippen molar-refractivity contribution in [1.29, 1.82) is 0 Å². The lowest BCUT2D eigenvalue weighted by atomic mass is 9.84. The molecule has 6 nitrogen and oxygen atoms in total. The van der Waals surface area contributed by atoms with Crippen LogP contribution in [0.5, 0.6) is 0 Å². The highest BCUT2D eigenvalue weighted by atomic mass is 35.5. The number of aliphatic imine (C=N–C) groups is 1. The van der Waals surface area contributed by atoms with E-state index in [4.69, 9.17) is 21.1 Å². The SMILES string of the molecule is C/N=C(\OC(C=O)C(O)c1ccc(Cl)cc1)N1CCC2(CC1)OCc1ccccc12. The van der Waals surface area contributed by atoms with Gasteiger partial charge in [0.15, 0.2) is 12.4 Å². The van der Waals surface area contributed by atoms with Crippen LogP contribution in [0.4, 0.5) is 0 Å². The summed E-state index contributed by atoms with van der Waals surface area (Å²) in [5.74, 6) is 0. The molecule has 7 heteroatoms. The first-order chi connectivity index (χ1) is 14.6. The van der Waals surface area contributed by atoms with E-state index in [9.17, 15) is 9.90 Å². The minimum absolute atomic E-state index is 0.265. The third kappa shape index (κ3) is 3.95. The van der Waals surface area contributed by atoms with Crippen molar-refractivity contribution in [1.82, 2.24) is 4.90 Å². The summed E-state index contributed by atoms with van der Waals surface area (Å²) < 4.78 is 12.0. The molecule has 0 bridgehead atoms. The number of halogens is 1. The maximum Gasteiger partial charge on any atom is 0.287 e. The Bertz CT molecular complexity index is 923. The van der Waals surface area contributed by atoms with Gasteiger partial charge in [-0.15, -0.1) is 0 Å². The molecule has 2 heterocycles. The van der Waals surface area contributed by atoms with Crippen molar-refractivity contribution in [2.24, 2.45) is 4.99 Å². The Morgan fingerprint density at radius 2 is 1.93 bits per heavy atom. The molecule has 2 aromatic rings. The van der Waals surface area contributed by atoms with Gasteiger partial charge in [-0.2, -0.15) is 0 Å². The van der Waals surface area contributed by atoms with Crippen LogP contribution in [-0.2, 0) is 26.5 Å². The van der Waals surface area contributed by atoms with E-state index in [0.717, 1.165) is 12.8 Å². The number of carbonyl (C=O) groups excluding carboxylic acids is 1. The van der Waals surface area contributed by atoms with Gasteiger partial charge in [-0.05, 0) is 41.7 Å². The molecule has 4 rings (SSSR count). The van der Waals surface area contributed by atoms with Crippen molar-refractivity contribution in [3.05, 3.63) is 70.2 Å². The second-order valence-electron chi connectivity index (χ2n) is 7.65. The van der Waals surface area contributed by atoms with Gasteiger partial charge in [-0.1, -0.05) is 48.0 Å². The number of likely N-dealkylation sites (tertiary alicyclic amines) is 1. The summed E-state index contributed by atoms with van der Waals surface area (Å²) in [6, 6.07) is 15.4. The molecule has 1 spiro atoms. The van der Waals surface area contributed by atoms with E-state index in [1.807, 2.05) is 11.0 Å². The number of amidine groups is 1. The number of aliphatic hydroxyl groups is 1. The summed E-state index contributed by atoms with van der Waals surface area (Å²) in [5, 5.41) is 11.2. The Labute approximate surface area is 181 Å². The van der Waals surface area contributed by atoms with E-state index in [1.165, 1.54) is 11.1 Å². The monoisotopic (exact) mass is 428 g/mol. The number of fused-ring (bicyclic) bond motifs is 2. The lowest BCUT2D eigenvalue weighted by Gasteiger charge is -2.40. The van der Waals surface area contributed by atoms with Crippen LogP contribution < -0.4 is 0 Å². The molecule has 2 atom stereocenters. The molecule has 2 aliphatic heterocycles. The average Bonchev–Trinajstić information content (AvgIpc) is 3.14. The highest BCUT2D eigenvalue weighted by Crippen LogP contribution is 2.44. The lowest BCUT2D eigenvalue weighted by molar-refractivity contribution is -0.120. The Hall–Kier alpha value is -2.41. The molecule has 1 fully saturated rings. The van der Waals surface area contributed by atoms with Crippen LogP contribution in [0.25, 0.3) is 0 Å². The quantitative estimate of drug-likeness (QED) is 0.458. The van der Waals surface area contributed by atoms with E-state index >= 15 is 0 Å². The summed E-state index contributed by atoms with van der Waals surface area (Å²) in [6.45, 7) is 2.01. The standard InChI is InChI=1S/C23H25ClN2O4/c1-25-22(30-20(14-27)21(28)16-6-8-18(24)9-7-16)26-12-10-23(11-13-26)19-5-3-2-4-17(19)15-29-23/h2-9,14,20-21,28H,10-13,15H2,1H3/b25-22-. The van der Waals surface area contributed by atoms with Crippen molar-refractivity contribution >= 4 is 23.9 Å². The first-order valence-corrected chi connectivity index (χ1v) is 10.4. The molecule has 0 aromatic heterocycles. The van der Waals surface area contributed by atoms with Gasteiger partial charge in [0.1, 0.15) is 6.10 Å². The molecule has 1 saturated heterocycles. The second kappa shape index (κ2) is 8.76. The van der Waals surface area contributed by atoms with Gasteiger partial charge in [-0.25, -0.2) is 4.99 Å². The number of carbonyl (C=O) groups is 1. The summed E-state index contributed by atoms with van der Waals surface area (Å²) >= 11 is 5.90. The predicted octanol–water partition coefficient (Wildman–Crippen LogP) is 3.46. The van der Waals surface area contributed by atoms with Gasteiger partial charge in [0.25, 0.3) is 6.02 Å². The summed E-state index contributed by atoms with van der Waals surface area (Å²) in [5.41, 5.74) is 2.81. The van der Waals surface area contributed by atoms with Crippen LogP contribution in [0.3, 0.4) is 0 Å². The van der Waals surface area contributed by atoms with Crippen molar-refractivity contribution in [3.63, 3.8) is 0 Å². The van der Waals surface area contributed by atoms with Crippen molar-refractivity contribution in [2.45, 2.75) is 37.3 Å². The molecular formula is C23H25ClN2O4. The zero-order chi connectivity index (χ0) is 21.1. The first kappa shape index (κ1) is 20.8. The molecule has 0 aliphatic carbocycles. The number of aliphatic hydroxyl groups excluding tert-OH is 1. The molecule has 2 unspecified atom stereocenters. The molecule has 2 aliphatic rings. The topological polar surface area (TPSA) is 71.4 Å². The zero-order valence-electron chi connectivity index (χ0n) is 16.8. The predicted molar refractivity (Wildman–Crippen MR) is 114 cm³/mol. The summed E-state index contributed by atoms with van der Waals surface area (Å²) in [7, 11) is 1.62. The third-order valence-corrected chi connectivity index (χ3v) is 6.20. The fourth-order valence-electron chi connectivity index (χ4n) is 4.26. The molecule has 0 radical (unpaired) electrons. The van der Waals surface area contributed by atoms with Crippen LogP contribution in [0.15, 0.2) is 53.5 Å². The fourth-order valence-corrected chi connectivity index (χ4v) is 4.39. The van der Waals surface area contributed by atoms with Gasteiger partial charge in [0.05, 0.1) is 12.2 Å². The molecular weight excluding hydrogens is 404 g/mol. The number of rotatable bonds is 4. The van der Waals surface area contributed by atoms with Gasteiger partial charge in [-0.3, -0.25) is 4.79 Å². The van der Waals surface area contributed by atoms with E-state index in [-0.39, 0.29) is 5.60 Å². The number of benzene rings is 2. The first-order valence-electron chi connectivity index (χ1n) is 10.1. The largest absolute Gasteiger partial charge is 0.451 e. The fraction of sp³-hybridized carbons (Fsp3) is 0.391. The van der Waals surface area contributed by atoms with Crippen LogP contribution in [0.1, 0.15) is 35.6 Å². The van der Waals surface area contributed by atoms with Crippen LogP contribution in [0, 0.1) is 0 Å². The van der Waals surface area contributed by atoms with E-state index in [2.05, 4.69) is 23.2 Å². The van der Waals surface area contributed by atoms with Gasteiger partial charge < -0.3 is 19.5 Å². The molecule has 2 aromatic carbocycles. The number of nitrogens with zero attached hydrogens (tertiary/aromatic N) is 2. The van der Waals surface area contributed by atoms with Gasteiger partial charge in [0.2, 0.25) is 0 Å². The minimum atomic E-state index is -1.11. The highest BCUT2D eigenvalue weighted by molar-refractivity contribution is 6.30. The molecule has 30 heavy (non-hydrogen) atoms. The van der Waals surface area contributed by atoms with Crippen LogP contribution in [0.2, 0.25) is 5.02 Å². The Morgan fingerprint density at radius 1 is 1.23 bits per heavy atom. The summed E-state index contributed by atoms with van der Waals surface area (Å²) in [4.78, 5) is 17.9. The number of piperidine rings is 1. The second-order valence-corrected chi connectivity index (χ2v) is 8.08. The van der Waals surface area contributed by atoms with E-state index in [0.29, 0.717) is 42.6 Å². The summed E-state index contributed by atoms with van der Waals surface area (Å²) in [6.07, 6.45) is 0.0315. The molecule has 158 valence electrons. The Balaban J connectivity index is 1.42. The normalized spacial score (nSPS) is 20.0. The van der Waals surface area contributed by atoms with Crippen molar-refractivity contribution in [2.75, 3.05) is 20.1 Å². The molecule has 1 N–H and O–H groups in total. The maximum atomic E-state index is 11.7. The minimum Gasteiger partial charge on any atom is -0.451 e. The molecule has 0 amide bonds. The molecule has 0 saturated carbocycles. The lowest BCUT2D eigenvalue weighted by Crippen LogP contribution is -2.47. The Morgan fingerprint density at radius 3 is 2.60 bits per heavy atom. The van der Waals surface area contributed by atoms with Crippen LogP contribution >= 0.6 is 11.6 Å². The Kier molecular flexibility index (Phi) is 6.09. The third-order valence-electron chi connectivity index (χ3n) is 5.94. The zero-order valence-corrected chi connectivity index (χ0v) is 17.6.